The number of aryl methyl sites for hydroxylation is 1. The third-order valence-corrected chi connectivity index (χ3v) is 6.46. The van der Waals surface area contributed by atoms with Crippen molar-refractivity contribution < 1.29 is 17.6 Å². The van der Waals surface area contributed by atoms with E-state index in [0.717, 1.165) is 5.56 Å². The van der Waals surface area contributed by atoms with Crippen molar-refractivity contribution in [1.82, 2.24) is 9.62 Å². The lowest BCUT2D eigenvalue weighted by Crippen LogP contribution is -2.48. The van der Waals surface area contributed by atoms with E-state index < -0.39 is 21.9 Å². The number of carbonyl (C=O) groups excluding carboxylic acids is 1. The number of amides is 1. The quantitative estimate of drug-likeness (QED) is 0.839. The van der Waals surface area contributed by atoms with E-state index in [2.05, 4.69) is 10.6 Å². The van der Waals surface area contributed by atoms with E-state index in [-0.39, 0.29) is 17.3 Å². The minimum atomic E-state index is -3.83. The monoisotopic (exact) mass is 391 g/mol. The predicted octanol–water partition coefficient (Wildman–Crippen LogP) is 2.43. The van der Waals surface area contributed by atoms with Gasteiger partial charge in [-0.1, -0.05) is 18.2 Å². The van der Waals surface area contributed by atoms with Gasteiger partial charge in [0.2, 0.25) is 15.9 Å². The molecule has 1 saturated heterocycles. The molecule has 1 amide bonds. The molecule has 0 aromatic heterocycles. The molecule has 1 fully saturated rings. The molecule has 2 aromatic carbocycles. The first-order chi connectivity index (χ1) is 12.8. The van der Waals surface area contributed by atoms with Gasteiger partial charge >= 0.3 is 0 Å². The summed E-state index contributed by atoms with van der Waals surface area (Å²) in [7, 11) is -3.83. The Morgan fingerprint density at radius 2 is 2.04 bits per heavy atom. The summed E-state index contributed by atoms with van der Waals surface area (Å²) in [5, 5.41) is 5.82. The summed E-state index contributed by atoms with van der Waals surface area (Å²) in [5.74, 6) is -0.675. The second-order valence-electron chi connectivity index (χ2n) is 6.55. The first kappa shape index (κ1) is 19.5. The molecule has 6 nitrogen and oxygen atoms in total. The second-order valence-corrected chi connectivity index (χ2v) is 8.44. The fraction of sp³-hybridized carbons (Fsp3) is 0.316. The number of rotatable bonds is 4. The summed E-state index contributed by atoms with van der Waals surface area (Å²) in [5.41, 5.74) is 1.83. The van der Waals surface area contributed by atoms with Gasteiger partial charge in [-0.25, -0.2) is 12.8 Å². The first-order valence-corrected chi connectivity index (χ1v) is 10.1. The van der Waals surface area contributed by atoms with E-state index in [1.165, 1.54) is 35.5 Å². The molecule has 8 heteroatoms. The van der Waals surface area contributed by atoms with Gasteiger partial charge in [-0.15, -0.1) is 0 Å². The summed E-state index contributed by atoms with van der Waals surface area (Å²) in [6.07, 6.45) is 0. The average molecular weight is 391 g/mol. The number of carbonyl (C=O) groups is 1. The summed E-state index contributed by atoms with van der Waals surface area (Å²) in [6.45, 7) is 4.34. The van der Waals surface area contributed by atoms with Crippen LogP contribution in [0.15, 0.2) is 47.4 Å². The smallest absolute Gasteiger partial charge is 0.243 e. The predicted molar refractivity (Wildman–Crippen MR) is 101 cm³/mol. The van der Waals surface area contributed by atoms with Gasteiger partial charge in [0.15, 0.2) is 0 Å². The minimum Gasteiger partial charge on any atom is -0.326 e. The number of piperazine rings is 1. The second kappa shape index (κ2) is 7.75. The molecule has 0 aliphatic carbocycles. The zero-order valence-electron chi connectivity index (χ0n) is 15.2. The molecule has 144 valence electrons. The zero-order chi connectivity index (χ0) is 19.6. The van der Waals surface area contributed by atoms with Crippen LogP contribution in [0.3, 0.4) is 0 Å². The largest absolute Gasteiger partial charge is 0.326 e. The average Bonchev–Trinajstić information content (AvgIpc) is 2.63. The van der Waals surface area contributed by atoms with E-state index in [1.54, 1.807) is 25.1 Å². The lowest BCUT2D eigenvalue weighted by atomic mass is 10.1. The number of anilines is 1. The number of halogens is 1. The van der Waals surface area contributed by atoms with Crippen molar-refractivity contribution in [1.29, 1.82) is 0 Å². The van der Waals surface area contributed by atoms with Gasteiger partial charge in [0, 0.05) is 32.2 Å². The minimum absolute atomic E-state index is 0.0974. The Hall–Kier alpha value is -2.29. The van der Waals surface area contributed by atoms with Gasteiger partial charge in [-0.05, 0) is 42.3 Å². The maximum absolute atomic E-state index is 13.7. The summed E-state index contributed by atoms with van der Waals surface area (Å²) < 4.78 is 41.6. The molecule has 1 heterocycles. The van der Waals surface area contributed by atoms with Crippen molar-refractivity contribution in [3.05, 3.63) is 59.4 Å². The number of nitrogens with one attached hydrogen (secondary N) is 2. The van der Waals surface area contributed by atoms with Gasteiger partial charge in [0.25, 0.3) is 0 Å². The van der Waals surface area contributed by atoms with Crippen LogP contribution < -0.4 is 10.6 Å². The summed E-state index contributed by atoms with van der Waals surface area (Å²) in [4.78, 5) is 11.5. The summed E-state index contributed by atoms with van der Waals surface area (Å²) >= 11 is 0. The molecule has 3 rings (SSSR count). The molecule has 2 N–H and O–H groups in total. The van der Waals surface area contributed by atoms with E-state index >= 15 is 0 Å². The molecule has 1 aliphatic rings. The highest BCUT2D eigenvalue weighted by molar-refractivity contribution is 7.89. The van der Waals surface area contributed by atoms with Crippen molar-refractivity contribution in [2.24, 2.45) is 0 Å². The SMILES string of the molecule is CC(=O)Nc1cc(S(=O)(=O)N2CCNCC2c2cccc(F)c2)ccc1C. The molecule has 2 aromatic rings. The van der Waals surface area contributed by atoms with Crippen molar-refractivity contribution >= 4 is 21.6 Å². The first-order valence-electron chi connectivity index (χ1n) is 8.65. The Morgan fingerprint density at radius 1 is 1.26 bits per heavy atom. The van der Waals surface area contributed by atoms with Gasteiger partial charge < -0.3 is 10.6 Å². The Kier molecular flexibility index (Phi) is 5.59. The van der Waals surface area contributed by atoms with Crippen molar-refractivity contribution in [2.75, 3.05) is 25.0 Å². The van der Waals surface area contributed by atoms with Crippen molar-refractivity contribution in [2.45, 2.75) is 24.8 Å². The van der Waals surface area contributed by atoms with Crippen LogP contribution in [0, 0.1) is 12.7 Å². The van der Waals surface area contributed by atoms with E-state index in [4.69, 9.17) is 0 Å². The number of hydrogen-bond acceptors (Lipinski definition) is 4. The third-order valence-electron chi connectivity index (χ3n) is 4.55. The van der Waals surface area contributed by atoms with Crippen LogP contribution in [0.4, 0.5) is 10.1 Å². The van der Waals surface area contributed by atoms with E-state index in [0.29, 0.717) is 24.3 Å². The molecule has 0 bridgehead atoms. The molecule has 1 atom stereocenters. The molecule has 0 radical (unpaired) electrons. The Bertz CT molecular complexity index is 962. The maximum Gasteiger partial charge on any atom is 0.243 e. The third kappa shape index (κ3) is 4.18. The highest BCUT2D eigenvalue weighted by atomic mass is 32.2. The molecular weight excluding hydrogens is 369 g/mol. The van der Waals surface area contributed by atoms with Crippen LogP contribution in [-0.4, -0.2) is 38.3 Å². The number of hydrogen-bond donors (Lipinski definition) is 2. The highest BCUT2D eigenvalue weighted by Crippen LogP contribution is 2.31. The van der Waals surface area contributed by atoms with Crippen LogP contribution in [-0.2, 0) is 14.8 Å². The number of sulfonamides is 1. The molecule has 0 spiro atoms. The van der Waals surface area contributed by atoms with Gasteiger partial charge in [0.1, 0.15) is 5.82 Å². The fourth-order valence-corrected chi connectivity index (χ4v) is 4.83. The topological polar surface area (TPSA) is 78.5 Å². The van der Waals surface area contributed by atoms with Crippen LogP contribution >= 0.6 is 0 Å². The van der Waals surface area contributed by atoms with E-state index in [1.807, 2.05) is 0 Å². The molecule has 27 heavy (non-hydrogen) atoms. The highest BCUT2D eigenvalue weighted by Gasteiger charge is 2.34. The van der Waals surface area contributed by atoms with Gasteiger partial charge in [0.05, 0.1) is 10.9 Å². The normalized spacial score (nSPS) is 18.3. The van der Waals surface area contributed by atoms with Crippen LogP contribution in [0.25, 0.3) is 0 Å². The van der Waals surface area contributed by atoms with Crippen molar-refractivity contribution in [3.63, 3.8) is 0 Å². The lowest BCUT2D eigenvalue weighted by Gasteiger charge is -2.35. The molecule has 0 saturated carbocycles. The van der Waals surface area contributed by atoms with Crippen LogP contribution in [0.1, 0.15) is 24.1 Å². The van der Waals surface area contributed by atoms with Crippen LogP contribution in [0.5, 0.6) is 0 Å². The van der Waals surface area contributed by atoms with Gasteiger partial charge in [-0.2, -0.15) is 4.31 Å². The Labute approximate surface area is 158 Å². The maximum atomic E-state index is 13.7. The van der Waals surface area contributed by atoms with E-state index in [9.17, 15) is 17.6 Å². The Morgan fingerprint density at radius 3 is 2.74 bits per heavy atom. The number of benzene rings is 2. The Balaban J connectivity index is 2.00. The fourth-order valence-electron chi connectivity index (χ4n) is 3.19. The number of nitrogens with zero attached hydrogens (tertiary/aromatic N) is 1. The molecular formula is C19H22FN3O3S. The van der Waals surface area contributed by atoms with Crippen molar-refractivity contribution in [3.8, 4) is 0 Å². The van der Waals surface area contributed by atoms with Gasteiger partial charge in [-0.3, -0.25) is 4.79 Å². The zero-order valence-corrected chi connectivity index (χ0v) is 16.0. The molecule has 1 aliphatic heterocycles. The molecule has 1 unspecified atom stereocenters. The van der Waals surface area contributed by atoms with Crippen LogP contribution in [0.2, 0.25) is 0 Å². The lowest BCUT2D eigenvalue weighted by molar-refractivity contribution is -0.114. The standard InChI is InChI=1S/C19H22FN3O3S/c1-13-6-7-17(11-18(13)22-14(2)24)27(25,26)23-9-8-21-12-19(23)15-4-3-5-16(20)10-15/h3-7,10-11,19,21H,8-9,12H2,1-2H3,(H,22,24). The summed E-state index contributed by atoms with van der Waals surface area (Å²) in [6, 6.07) is 10.1.